The monoisotopic (exact) mass is 468 g/mol. The summed E-state index contributed by atoms with van der Waals surface area (Å²) >= 11 is 11.2. The number of aliphatic hydroxyl groups is 2. The summed E-state index contributed by atoms with van der Waals surface area (Å²) in [5.74, 6) is -0.214. The van der Waals surface area contributed by atoms with Crippen LogP contribution in [-0.4, -0.2) is 46.7 Å². The maximum absolute atomic E-state index is 11.4. The van der Waals surface area contributed by atoms with Crippen molar-refractivity contribution >= 4 is 34.9 Å². The molecule has 6 nitrogen and oxygen atoms in total. The number of allylic oxidation sites excluding steroid dienone is 2. The van der Waals surface area contributed by atoms with Gasteiger partial charge in [0.15, 0.2) is 0 Å². The summed E-state index contributed by atoms with van der Waals surface area (Å²) < 4.78 is 5.67. The molecular formula is C23H33ClN2O4S. The van der Waals surface area contributed by atoms with Crippen LogP contribution in [0, 0.1) is 11.8 Å². The molecule has 1 amide bonds. The predicted octanol–water partition coefficient (Wildman–Crippen LogP) is 3.34. The Morgan fingerprint density at radius 1 is 1.26 bits per heavy atom. The van der Waals surface area contributed by atoms with E-state index >= 15 is 0 Å². The van der Waals surface area contributed by atoms with Crippen LogP contribution in [0.25, 0.3) is 0 Å². The second kappa shape index (κ2) is 13.7. The van der Waals surface area contributed by atoms with Crippen molar-refractivity contribution in [2.24, 2.45) is 11.8 Å². The molecule has 1 saturated carbocycles. The van der Waals surface area contributed by atoms with Gasteiger partial charge in [0.2, 0.25) is 5.91 Å². The Labute approximate surface area is 195 Å². The minimum absolute atomic E-state index is 0.0717. The van der Waals surface area contributed by atoms with Gasteiger partial charge in [-0.1, -0.05) is 35.9 Å². The molecule has 1 aliphatic rings. The second-order valence-electron chi connectivity index (χ2n) is 7.83. The fraction of sp³-hybridized carbons (Fsp3) is 0.565. The van der Waals surface area contributed by atoms with E-state index in [9.17, 15) is 15.0 Å². The first-order valence-electron chi connectivity index (χ1n) is 10.8. The van der Waals surface area contributed by atoms with Crippen molar-refractivity contribution in [2.45, 2.75) is 57.8 Å². The summed E-state index contributed by atoms with van der Waals surface area (Å²) in [5.41, 5.74) is 0.991. The molecule has 4 N–H and O–H groups in total. The van der Waals surface area contributed by atoms with E-state index in [-0.39, 0.29) is 29.5 Å². The van der Waals surface area contributed by atoms with Crippen molar-refractivity contribution in [3.8, 4) is 0 Å². The Hall–Kier alpha value is -1.67. The number of unbranched alkanes of at least 4 members (excludes halogenated alkanes) is 1. The molecule has 172 valence electrons. The first-order valence-corrected chi connectivity index (χ1v) is 11.6. The Morgan fingerprint density at radius 3 is 2.77 bits per heavy atom. The number of hydrogen-bond acceptors (Lipinski definition) is 5. The highest BCUT2D eigenvalue weighted by Crippen LogP contribution is 2.35. The van der Waals surface area contributed by atoms with Gasteiger partial charge in [0, 0.05) is 30.5 Å². The molecular weight excluding hydrogens is 436 g/mol. The van der Waals surface area contributed by atoms with Gasteiger partial charge >= 0.3 is 0 Å². The molecule has 0 aromatic heterocycles. The van der Waals surface area contributed by atoms with Crippen LogP contribution in [0.4, 0.5) is 0 Å². The molecule has 4 atom stereocenters. The smallest absolute Gasteiger partial charge is 0.256 e. The molecule has 1 aliphatic carbocycles. The largest absolute Gasteiger partial charge is 0.471 e. The summed E-state index contributed by atoms with van der Waals surface area (Å²) in [4.78, 5) is 11.4. The molecule has 31 heavy (non-hydrogen) atoms. The number of benzene rings is 1. The summed E-state index contributed by atoms with van der Waals surface area (Å²) in [6.45, 7) is 3.30. The maximum atomic E-state index is 11.4. The summed E-state index contributed by atoms with van der Waals surface area (Å²) in [6, 6.07) is 7.48. The van der Waals surface area contributed by atoms with E-state index in [1.54, 1.807) is 0 Å². The summed E-state index contributed by atoms with van der Waals surface area (Å²) in [6.07, 6.45) is 5.96. The van der Waals surface area contributed by atoms with Gasteiger partial charge in [0.25, 0.3) is 5.17 Å². The molecule has 0 spiro atoms. The number of thiocarbonyl (C=S) groups is 1. The number of carbonyl (C=O) groups is 1. The summed E-state index contributed by atoms with van der Waals surface area (Å²) in [5, 5.41) is 27.4. The van der Waals surface area contributed by atoms with Crippen LogP contribution < -0.4 is 10.6 Å². The minimum atomic E-state index is -0.623. The zero-order chi connectivity index (χ0) is 22.6. The van der Waals surface area contributed by atoms with Crippen molar-refractivity contribution in [1.82, 2.24) is 10.6 Å². The van der Waals surface area contributed by atoms with Crippen LogP contribution in [0.3, 0.4) is 0 Å². The molecule has 0 saturated heterocycles. The van der Waals surface area contributed by atoms with Gasteiger partial charge in [0.05, 0.1) is 18.8 Å². The van der Waals surface area contributed by atoms with Gasteiger partial charge in [0.1, 0.15) is 0 Å². The summed E-state index contributed by atoms with van der Waals surface area (Å²) in [7, 11) is 0. The van der Waals surface area contributed by atoms with E-state index in [1.807, 2.05) is 43.3 Å². The lowest BCUT2D eigenvalue weighted by molar-refractivity contribution is -0.121. The number of nitrogens with one attached hydrogen (secondary N) is 2. The standard InChI is InChI=1S/C23H33ClN2O4S/c1-2-25-22(29)11-6-4-3-5-10-18-19(21(28)13-20(18)27)15-30-23(31)26-14-16-8-7-9-17(24)12-16/h3,5,7-9,12,18-21,27-28H,2,4,6,10-11,13-15H2,1H3,(H,25,29)(H,26,31)/t18-,19?,20+,21-/m1/s1. The number of hydrogen-bond donors (Lipinski definition) is 4. The molecule has 1 aromatic carbocycles. The van der Waals surface area contributed by atoms with Crippen molar-refractivity contribution < 1.29 is 19.7 Å². The van der Waals surface area contributed by atoms with Crippen LogP contribution in [0.5, 0.6) is 0 Å². The van der Waals surface area contributed by atoms with E-state index in [2.05, 4.69) is 10.6 Å². The molecule has 8 heteroatoms. The van der Waals surface area contributed by atoms with Crippen LogP contribution in [0.1, 0.15) is 44.6 Å². The molecule has 1 aromatic rings. The molecule has 1 unspecified atom stereocenters. The average molecular weight is 469 g/mol. The Bertz CT molecular complexity index is 746. The molecule has 2 rings (SSSR count). The zero-order valence-electron chi connectivity index (χ0n) is 17.9. The average Bonchev–Trinajstić information content (AvgIpc) is 3.00. The number of aliphatic hydroxyl groups excluding tert-OH is 2. The van der Waals surface area contributed by atoms with Gasteiger partial charge in [-0.3, -0.25) is 4.79 Å². The normalized spacial score (nSPS) is 23.1. The van der Waals surface area contributed by atoms with Crippen LogP contribution in [0.15, 0.2) is 36.4 Å². The van der Waals surface area contributed by atoms with Gasteiger partial charge in [-0.25, -0.2) is 0 Å². The van der Waals surface area contributed by atoms with Crippen molar-refractivity contribution in [1.29, 1.82) is 0 Å². The first kappa shape index (κ1) is 25.6. The lowest BCUT2D eigenvalue weighted by atomic mass is 9.91. The predicted molar refractivity (Wildman–Crippen MR) is 127 cm³/mol. The number of amides is 1. The highest BCUT2D eigenvalue weighted by atomic mass is 35.5. The molecule has 0 bridgehead atoms. The fourth-order valence-corrected chi connectivity index (χ4v) is 4.17. The van der Waals surface area contributed by atoms with Gasteiger partial charge < -0.3 is 25.6 Å². The van der Waals surface area contributed by atoms with Crippen LogP contribution in [0.2, 0.25) is 5.02 Å². The number of halogens is 1. The van der Waals surface area contributed by atoms with Gasteiger partial charge in [-0.15, -0.1) is 0 Å². The van der Waals surface area contributed by atoms with Crippen molar-refractivity contribution in [3.63, 3.8) is 0 Å². The molecule has 0 radical (unpaired) electrons. The molecule has 0 heterocycles. The Morgan fingerprint density at radius 2 is 2.03 bits per heavy atom. The third-order valence-electron chi connectivity index (χ3n) is 5.48. The van der Waals surface area contributed by atoms with E-state index < -0.39 is 12.2 Å². The van der Waals surface area contributed by atoms with E-state index in [0.717, 1.165) is 18.4 Å². The quantitative estimate of drug-likeness (QED) is 0.226. The zero-order valence-corrected chi connectivity index (χ0v) is 19.5. The van der Waals surface area contributed by atoms with E-state index in [4.69, 9.17) is 28.6 Å². The fourth-order valence-electron chi connectivity index (χ4n) is 3.82. The molecule has 1 fully saturated rings. The van der Waals surface area contributed by atoms with Crippen LogP contribution >= 0.6 is 23.8 Å². The van der Waals surface area contributed by atoms with Crippen molar-refractivity contribution in [2.75, 3.05) is 13.2 Å². The third-order valence-corrected chi connectivity index (χ3v) is 5.97. The topological polar surface area (TPSA) is 90.8 Å². The van der Waals surface area contributed by atoms with Gasteiger partial charge in [-0.05, 0) is 68.4 Å². The Balaban J connectivity index is 1.73. The minimum Gasteiger partial charge on any atom is -0.471 e. The van der Waals surface area contributed by atoms with Crippen LogP contribution in [-0.2, 0) is 16.1 Å². The third kappa shape index (κ3) is 9.15. The highest BCUT2D eigenvalue weighted by molar-refractivity contribution is 7.80. The van der Waals surface area contributed by atoms with Gasteiger partial charge in [-0.2, -0.15) is 0 Å². The van der Waals surface area contributed by atoms with E-state index in [0.29, 0.717) is 37.4 Å². The van der Waals surface area contributed by atoms with Crippen molar-refractivity contribution in [3.05, 3.63) is 47.0 Å². The lowest BCUT2D eigenvalue weighted by Crippen LogP contribution is -2.31. The maximum Gasteiger partial charge on any atom is 0.256 e. The van der Waals surface area contributed by atoms with E-state index in [1.165, 1.54) is 0 Å². The Kier molecular flexibility index (Phi) is 11.3. The number of carbonyl (C=O) groups excluding carboxylic acids is 1. The number of rotatable bonds is 11. The lowest BCUT2D eigenvalue weighted by Gasteiger charge is -2.23. The number of ether oxygens (including phenoxy) is 1. The second-order valence-corrected chi connectivity index (χ2v) is 8.64. The first-order chi connectivity index (χ1) is 14.9. The SMILES string of the molecule is CCNC(=O)CCCC=CC[C@@H]1C(COC(=S)NCc2cccc(Cl)c2)[C@H](O)C[C@@H]1O. The highest BCUT2D eigenvalue weighted by Gasteiger charge is 2.41. The molecule has 0 aliphatic heterocycles.